The summed E-state index contributed by atoms with van der Waals surface area (Å²) in [5.74, 6) is 0. The molecule has 0 amide bonds. The van der Waals surface area contributed by atoms with E-state index in [9.17, 15) is 0 Å². The second kappa shape index (κ2) is 4.83. The summed E-state index contributed by atoms with van der Waals surface area (Å²) < 4.78 is 0. The number of benzene rings is 1. The van der Waals surface area contributed by atoms with Crippen molar-refractivity contribution >= 4 is 22.5 Å². The van der Waals surface area contributed by atoms with Gasteiger partial charge in [0, 0.05) is 12.7 Å². The minimum atomic E-state index is 0.895. The molecule has 0 saturated heterocycles. The maximum Gasteiger partial charge on any atom is 0.0407 e. The Balaban J connectivity index is 2.18. The molecule has 90 valence electrons. The number of rotatable bonds is 2. The van der Waals surface area contributed by atoms with Gasteiger partial charge in [-0.05, 0) is 51.6 Å². The fourth-order valence-corrected chi connectivity index (χ4v) is 3.05. The second-order valence-corrected chi connectivity index (χ2v) is 5.22. The topological polar surface area (TPSA) is 12.0 Å². The largest absolute Gasteiger partial charge is 0.387 e. The van der Waals surface area contributed by atoms with E-state index >= 15 is 0 Å². The predicted molar refractivity (Wildman–Crippen MR) is 79.3 cm³/mol. The summed E-state index contributed by atoms with van der Waals surface area (Å²) in [5, 5.41) is 7.72. The molecule has 0 spiro atoms. The van der Waals surface area contributed by atoms with E-state index in [-0.39, 0.29) is 0 Å². The third-order valence-corrected chi connectivity index (χ3v) is 3.91. The molecule has 0 atom stereocenters. The first kappa shape index (κ1) is 11.3. The summed E-state index contributed by atoms with van der Waals surface area (Å²) >= 11 is 1.75. The normalized spacial score (nSPS) is 15.3. The summed E-state index contributed by atoms with van der Waals surface area (Å²) in [7, 11) is 0. The zero-order valence-corrected chi connectivity index (χ0v) is 11.1. The summed E-state index contributed by atoms with van der Waals surface area (Å²) in [5.41, 5.74) is 6.70. The lowest BCUT2D eigenvalue weighted by Gasteiger charge is -2.21. The molecule has 1 N–H and O–H groups in total. The van der Waals surface area contributed by atoms with Crippen molar-refractivity contribution in [3.63, 3.8) is 0 Å². The monoisotopic (exact) mass is 253 g/mol. The van der Waals surface area contributed by atoms with Crippen LogP contribution < -0.4 is 5.32 Å². The summed E-state index contributed by atoms with van der Waals surface area (Å²) in [6.45, 7) is 3.06. The highest BCUT2D eigenvalue weighted by molar-refractivity contribution is 7.08. The van der Waals surface area contributed by atoms with Crippen LogP contribution in [0.1, 0.15) is 18.1 Å². The molecule has 0 fully saturated rings. The van der Waals surface area contributed by atoms with Crippen molar-refractivity contribution in [2.45, 2.75) is 6.92 Å². The maximum absolute atomic E-state index is 3.36. The summed E-state index contributed by atoms with van der Waals surface area (Å²) in [6, 6.07) is 12.8. The Labute approximate surface area is 111 Å². The van der Waals surface area contributed by atoms with Gasteiger partial charge in [0.1, 0.15) is 0 Å². The van der Waals surface area contributed by atoms with Crippen LogP contribution in [0.2, 0.25) is 0 Å². The molecule has 2 heterocycles. The highest BCUT2D eigenvalue weighted by atomic mass is 32.1. The Morgan fingerprint density at radius 3 is 2.61 bits per heavy atom. The summed E-state index contributed by atoms with van der Waals surface area (Å²) in [6.07, 6.45) is 2.11. The van der Waals surface area contributed by atoms with Crippen molar-refractivity contribution in [1.29, 1.82) is 0 Å². The first-order valence-electron chi connectivity index (χ1n) is 6.08. The van der Waals surface area contributed by atoms with Gasteiger partial charge < -0.3 is 5.32 Å². The first-order valence-corrected chi connectivity index (χ1v) is 7.02. The van der Waals surface area contributed by atoms with Gasteiger partial charge in [-0.15, -0.1) is 0 Å². The average Bonchev–Trinajstić information content (AvgIpc) is 2.93. The number of hydrogen-bond donors (Lipinski definition) is 1. The molecule has 18 heavy (non-hydrogen) atoms. The molecule has 0 bridgehead atoms. The highest BCUT2D eigenvalue weighted by Crippen LogP contribution is 2.34. The Morgan fingerprint density at radius 1 is 1.06 bits per heavy atom. The van der Waals surface area contributed by atoms with E-state index in [2.05, 4.69) is 65.6 Å². The van der Waals surface area contributed by atoms with Gasteiger partial charge in [-0.2, -0.15) is 11.3 Å². The lowest BCUT2D eigenvalue weighted by molar-refractivity contribution is 0.973. The fraction of sp³-hybridized carbons (Fsp3) is 0.125. The van der Waals surface area contributed by atoms with E-state index in [0.29, 0.717) is 0 Å². The number of hydrogen-bond acceptors (Lipinski definition) is 2. The number of allylic oxidation sites excluding steroid dienone is 2. The molecule has 0 unspecified atom stereocenters. The van der Waals surface area contributed by atoms with E-state index in [1.165, 1.54) is 27.8 Å². The molecule has 0 aliphatic carbocycles. The van der Waals surface area contributed by atoms with Crippen LogP contribution in [-0.2, 0) is 0 Å². The van der Waals surface area contributed by atoms with Gasteiger partial charge in [-0.1, -0.05) is 30.3 Å². The van der Waals surface area contributed by atoms with E-state index in [1.54, 1.807) is 11.3 Å². The molecular weight excluding hydrogens is 238 g/mol. The zero-order valence-electron chi connectivity index (χ0n) is 10.3. The summed E-state index contributed by atoms with van der Waals surface area (Å²) in [4.78, 5) is 0. The molecule has 1 aliphatic heterocycles. The number of thiophene rings is 1. The Morgan fingerprint density at radius 2 is 1.89 bits per heavy atom. The van der Waals surface area contributed by atoms with Gasteiger partial charge in [0.15, 0.2) is 0 Å². The van der Waals surface area contributed by atoms with Crippen LogP contribution in [0.5, 0.6) is 0 Å². The molecule has 3 rings (SSSR count). The Kier molecular flexibility index (Phi) is 3.03. The van der Waals surface area contributed by atoms with Gasteiger partial charge in [0.05, 0.1) is 0 Å². The van der Waals surface area contributed by atoms with Crippen molar-refractivity contribution in [1.82, 2.24) is 5.32 Å². The van der Waals surface area contributed by atoms with Crippen LogP contribution in [0.15, 0.2) is 58.9 Å². The molecular formula is C16H15NS. The number of dihydropyridines is 1. The fourth-order valence-electron chi connectivity index (χ4n) is 2.40. The van der Waals surface area contributed by atoms with Crippen molar-refractivity contribution in [3.8, 4) is 0 Å². The smallest absolute Gasteiger partial charge is 0.0407 e. The van der Waals surface area contributed by atoms with E-state index in [0.717, 1.165) is 6.54 Å². The van der Waals surface area contributed by atoms with Crippen molar-refractivity contribution in [2.75, 3.05) is 6.54 Å². The standard InChI is InChI=1S/C16H15NS/c1-12-9-17-10-15(13-5-3-2-4-6-13)16(12)14-7-8-18-11-14/h2-9,11,17H,10H2,1H3. The van der Waals surface area contributed by atoms with Gasteiger partial charge in [-0.3, -0.25) is 0 Å². The van der Waals surface area contributed by atoms with Crippen LogP contribution >= 0.6 is 11.3 Å². The number of nitrogens with one attached hydrogen (secondary N) is 1. The molecule has 1 aliphatic rings. The lowest BCUT2D eigenvalue weighted by Crippen LogP contribution is -2.16. The molecule has 2 heteroatoms. The van der Waals surface area contributed by atoms with E-state index in [4.69, 9.17) is 0 Å². The lowest BCUT2D eigenvalue weighted by atomic mass is 9.90. The third kappa shape index (κ3) is 2.00. The van der Waals surface area contributed by atoms with E-state index < -0.39 is 0 Å². The molecule has 1 nitrogen and oxygen atoms in total. The van der Waals surface area contributed by atoms with Crippen molar-refractivity contribution in [2.24, 2.45) is 0 Å². The Bertz CT molecular complexity index is 591. The molecule has 2 aromatic rings. The van der Waals surface area contributed by atoms with Gasteiger partial charge in [0.2, 0.25) is 0 Å². The second-order valence-electron chi connectivity index (χ2n) is 4.44. The quantitative estimate of drug-likeness (QED) is 0.847. The van der Waals surface area contributed by atoms with Crippen LogP contribution in [0.25, 0.3) is 11.1 Å². The molecule has 0 radical (unpaired) electrons. The third-order valence-electron chi connectivity index (χ3n) is 3.23. The molecule has 1 aromatic carbocycles. The minimum absolute atomic E-state index is 0.895. The SMILES string of the molecule is CC1=CNCC(c2ccccc2)=C1c1ccsc1. The van der Waals surface area contributed by atoms with Crippen LogP contribution in [0.4, 0.5) is 0 Å². The first-order chi connectivity index (χ1) is 8.86. The zero-order chi connectivity index (χ0) is 12.4. The Hall–Kier alpha value is -1.80. The average molecular weight is 253 g/mol. The van der Waals surface area contributed by atoms with Gasteiger partial charge in [-0.25, -0.2) is 0 Å². The van der Waals surface area contributed by atoms with Crippen molar-refractivity contribution in [3.05, 3.63) is 70.1 Å². The van der Waals surface area contributed by atoms with Gasteiger partial charge >= 0.3 is 0 Å². The highest BCUT2D eigenvalue weighted by Gasteiger charge is 2.16. The van der Waals surface area contributed by atoms with Crippen LogP contribution in [0, 0.1) is 0 Å². The molecule has 0 saturated carbocycles. The van der Waals surface area contributed by atoms with Crippen LogP contribution in [-0.4, -0.2) is 6.54 Å². The van der Waals surface area contributed by atoms with Crippen LogP contribution in [0.3, 0.4) is 0 Å². The molecule has 1 aromatic heterocycles. The van der Waals surface area contributed by atoms with Crippen molar-refractivity contribution < 1.29 is 0 Å². The van der Waals surface area contributed by atoms with Gasteiger partial charge in [0.25, 0.3) is 0 Å². The maximum atomic E-state index is 3.36. The predicted octanol–water partition coefficient (Wildman–Crippen LogP) is 4.17. The van der Waals surface area contributed by atoms with E-state index in [1.807, 2.05) is 0 Å². The minimum Gasteiger partial charge on any atom is -0.387 e.